The molecule has 2 aromatic rings. The molecule has 0 bridgehead atoms. The number of anilines is 1. The fraction of sp³-hybridized carbons (Fsp3) is 0.350. The van der Waals surface area contributed by atoms with E-state index in [1.54, 1.807) is 30.3 Å². The molecular weight excluding hydrogens is 350 g/mol. The first kappa shape index (κ1) is 20.2. The predicted molar refractivity (Wildman–Crippen MR) is 103 cm³/mol. The van der Waals surface area contributed by atoms with Gasteiger partial charge < -0.3 is 29.0 Å². The molecule has 0 saturated carbocycles. The Morgan fingerprint density at radius 2 is 1.41 bits per heavy atom. The van der Waals surface area contributed by atoms with Crippen molar-refractivity contribution >= 4 is 11.6 Å². The summed E-state index contributed by atoms with van der Waals surface area (Å²) < 4.78 is 27.0. The van der Waals surface area contributed by atoms with Crippen molar-refractivity contribution in [1.29, 1.82) is 0 Å². The average Bonchev–Trinajstić information content (AvgIpc) is 2.68. The van der Waals surface area contributed by atoms with Crippen molar-refractivity contribution in [1.82, 2.24) is 0 Å². The largest absolute Gasteiger partial charge is 0.493 e. The summed E-state index contributed by atoms with van der Waals surface area (Å²) in [5.74, 6) is 2.12. The Hall–Kier alpha value is -3.09. The Bertz CT molecular complexity index is 765. The summed E-state index contributed by atoms with van der Waals surface area (Å²) in [6, 6.07) is 8.43. The molecule has 2 aromatic carbocycles. The fourth-order valence-corrected chi connectivity index (χ4v) is 2.54. The Kier molecular flexibility index (Phi) is 7.16. The molecule has 1 N–H and O–H groups in total. The SMILES string of the molecule is CCOc1ccc(NC(=O)c2cc(OC)c(OC)c(OC)c2)cc1OCC. The van der Waals surface area contributed by atoms with Crippen LogP contribution in [0.3, 0.4) is 0 Å². The van der Waals surface area contributed by atoms with Gasteiger partial charge in [-0.15, -0.1) is 0 Å². The van der Waals surface area contributed by atoms with Crippen LogP contribution in [0.25, 0.3) is 0 Å². The number of benzene rings is 2. The van der Waals surface area contributed by atoms with Crippen molar-refractivity contribution in [2.45, 2.75) is 13.8 Å². The van der Waals surface area contributed by atoms with E-state index in [1.165, 1.54) is 21.3 Å². The average molecular weight is 375 g/mol. The lowest BCUT2D eigenvalue weighted by molar-refractivity contribution is 0.102. The van der Waals surface area contributed by atoms with Crippen LogP contribution < -0.4 is 29.0 Å². The molecule has 146 valence electrons. The maximum absolute atomic E-state index is 12.7. The quantitative estimate of drug-likeness (QED) is 0.719. The van der Waals surface area contributed by atoms with Crippen molar-refractivity contribution in [2.75, 3.05) is 39.9 Å². The Labute approximate surface area is 159 Å². The molecule has 0 aliphatic rings. The minimum atomic E-state index is -0.319. The van der Waals surface area contributed by atoms with Gasteiger partial charge in [0.05, 0.1) is 34.5 Å². The third-order valence-corrected chi connectivity index (χ3v) is 3.73. The van der Waals surface area contributed by atoms with Gasteiger partial charge in [-0.1, -0.05) is 0 Å². The van der Waals surface area contributed by atoms with Gasteiger partial charge in [-0.2, -0.15) is 0 Å². The Balaban J connectivity index is 2.30. The van der Waals surface area contributed by atoms with Gasteiger partial charge in [0.15, 0.2) is 23.0 Å². The van der Waals surface area contributed by atoms with Crippen LogP contribution in [0.2, 0.25) is 0 Å². The maximum atomic E-state index is 12.7. The second-order valence-corrected chi connectivity index (χ2v) is 5.40. The highest BCUT2D eigenvalue weighted by Crippen LogP contribution is 2.38. The number of carbonyl (C=O) groups excluding carboxylic acids is 1. The number of hydrogen-bond acceptors (Lipinski definition) is 6. The van der Waals surface area contributed by atoms with Gasteiger partial charge in [-0.3, -0.25) is 4.79 Å². The van der Waals surface area contributed by atoms with Crippen LogP contribution >= 0.6 is 0 Å². The van der Waals surface area contributed by atoms with E-state index in [2.05, 4.69) is 5.32 Å². The lowest BCUT2D eigenvalue weighted by Gasteiger charge is -2.15. The molecule has 7 heteroatoms. The van der Waals surface area contributed by atoms with E-state index in [9.17, 15) is 4.79 Å². The minimum absolute atomic E-state index is 0.319. The number of nitrogens with one attached hydrogen (secondary N) is 1. The highest BCUT2D eigenvalue weighted by Gasteiger charge is 2.17. The Morgan fingerprint density at radius 1 is 0.815 bits per heavy atom. The van der Waals surface area contributed by atoms with Crippen LogP contribution in [0.5, 0.6) is 28.7 Å². The Morgan fingerprint density at radius 3 is 1.93 bits per heavy atom. The van der Waals surface area contributed by atoms with Crippen LogP contribution in [0, 0.1) is 0 Å². The van der Waals surface area contributed by atoms with Gasteiger partial charge in [-0.25, -0.2) is 0 Å². The lowest BCUT2D eigenvalue weighted by atomic mass is 10.1. The van der Waals surface area contributed by atoms with Gasteiger partial charge in [0.2, 0.25) is 5.75 Å². The summed E-state index contributed by atoms with van der Waals surface area (Å²) in [6.07, 6.45) is 0. The van der Waals surface area contributed by atoms with Crippen molar-refractivity contribution in [3.8, 4) is 28.7 Å². The standard InChI is InChI=1S/C20H25NO6/c1-6-26-15-9-8-14(12-16(15)27-7-2)21-20(22)13-10-17(23-3)19(25-5)18(11-13)24-4/h8-12H,6-7H2,1-5H3,(H,21,22). The molecule has 0 aliphatic heterocycles. The van der Waals surface area contributed by atoms with Crippen LogP contribution in [0.15, 0.2) is 30.3 Å². The number of ether oxygens (including phenoxy) is 5. The molecule has 0 unspecified atom stereocenters. The third-order valence-electron chi connectivity index (χ3n) is 3.73. The second-order valence-electron chi connectivity index (χ2n) is 5.40. The smallest absolute Gasteiger partial charge is 0.255 e. The van der Waals surface area contributed by atoms with E-state index in [0.29, 0.717) is 53.2 Å². The van der Waals surface area contributed by atoms with Gasteiger partial charge >= 0.3 is 0 Å². The topological polar surface area (TPSA) is 75.3 Å². The van der Waals surface area contributed by atoms with Gasteiger partial charge in [-0.05, 0) is 38.1 Å². The summed E-state index contributed by atoms with van der Waals surface area (Å²) in [7, 11) is 4.51. The molecule has 7 nitrogen and oxygen atoms in total. The van der Waals surface area contributed by atoms with E-state index >= 15 is 0 Å². The van der Waals surface area contributed by atoms with Crippen molar-refractivity contribution in [3.05, 3.63) is 35.9 Å². The van der Waals surface area contributed by atoms with E-state index < -0.39 is 0 Å². The van der Waals surface area contributed by atoms with E-state index in [-0.39, 0.29) is 5.91 Å². The van der Waals surface area contributed by atoms with Crippen LogP contribution in [0.1, 0.15) is 24.2 Å². The maximum Gasteiger partial charge on any atom is 0.255 e. The predicted octanol–water partition coefficient (Wildman–Crippen LogP) is 3.76. The number of carbonyl (C=O) groups is 1. The normalized spacial score (nSPS) is 10.1. The first-order valence-electron chi connectivity index (χ1n) is 8.58. The fourth-order valence-electron chi connectivity index (χ4n) is 2.54. The number of methoxy groups -OCH3 is 3. The lowest BCUT2D eigenvalue weighted by Crippen LogP contribution is -2.13. The van der Waals surface area contributed by atoms with E-state index in [1.807, 2.05) is 13.8 Å². The molecule has 0 aliphatic carbocycles. The molecule has 2 rings (SSSR count). The van der Waals surface area contributed by atoms with E-state index in [4.69, 9.17) is 23.7 Å². The number of hydrogen-bond donors (Lipinski definition) is 1. The molecule has 0 saturated heterocycles. The summed E-state index contributed by atoms with van der Waals surface area (Å²) >= 11 is 0. The van der Waals surface area contributed by atoms with Crippen molar-refractivity contribution in [3.63, 3.8) is 0 Å². The molecule has 0 atom stereocenters. The van der Waals surface area contributed by atoms with Crippen molar-refractivity contribution < 1.29 is 28.5 Å². The van der Waals surface area contributed by atoms with Crippen LogP contribution in [-0.4, -0.2) is 40.5 Å². The summed E-state index contributed by atoms with van der Waals surface area (Å²) in [5, 5.41) is 2.84. The highest BCUT2D eigenvalue weighted by atomic mass is 16.5. The highest BCUT2D eigenvalue weighted by molar-refractivity contribution is 6.05. The first-order valence-corrected chi connectivity index (χ1v) is 8.58. The minimum Gasteiger partial charge on any atom is -0.493 e. The molecule has 0 spiro atoms. The third kappa shape index (κ3) is 4.75. The van der Waals surface area contributed by atoms with Gasteiger partial charge in [0.25, 0.3) is 5.91 Å². The molecule has 0 fully saturated rings. The van der Waals surface area contributed by atoms with Crippen molar-refractivity contribution in [2.24, 2.45) is 0 Å². The number of amides is 1. The molecule has 27 heavy (non-hydrogen) atoms. The summed E-state index contributed by atoms with van der Waals surface area (Å²) in [6.45, 7) is 4.80. The monoisotopic (exact) mass is 375 g/mol. The zero-order valence-corrected chi connectivity index (χ0v) is 16.3. The van der Waals surface area contributed by atoms with E-state index in [0.717, 1.165) is 0 Å². The molecular formula is C20H25NO6. The van der Waals surface area contributed by atoms with Gasteiger partial charge in [0, 0.05) is 17.3 Å². The zero-order chi connectivity index (χ0) is 19.8. The zero-order valence-electron chi connectivity index (χ0n) is 16.3. The first-order chi connectivity index (χ1) is 13.1. The second kappa shape index (κ2) is 9.56. The molecule has 0 radical (unpaired) electrons. The summed E-state index contributed by atoms with van der Waals surface area (Å²) in [5.41, 5.74) is 0.956. The van der Waals surface area contributed by atoms with Gasteiger partial charge in [0.1, 0.15) is 0 Å². The number of rotatable bonds is 9. The van der Waals surface area contributed by atoms with Crippen LogP contribution in [0.4, 0.5) is 5.69 Å². The molecule has 0 aromatic heterocycles. The molecule has 0 heterocycles. The van der Waals surface area contributed by atoms with Crippen LogP contribution in [-0.2, 0) is 0 Å². The summed E-state index contributed by atoms with van der Waals surface area (Å²) in [4.78, 5) is 12.7. The molecule has 1 amide bonds.